The molecule has 162 valence electrons. The molecule has 0 aliphatic carbocycles. The van der Waals surface area contributed by atoms with Crippen molar-refractivity contribution in [3.8, 4) is 22.4 Å². The normalized spacial score (nSPS) is 17.1. The largest absolute Gasteiger partial charge is 0.451 e. The molecule has 2 aromatic carbocycles. The molecular weight excluding hydrogens is 408 g/mol. The van der Waals surface area contributed by atoms with Crippen LogP contribution in [0.25, 0.3) is 22.4 Å². The predicted octanol–water partition coefficient (Wildman–Crippen LogP) is 5.08. The second kappa shape index (κ2) is 8.26. The number of hydrogen-bond donors (Lipinski definition) is 1. The van der Waals surface area contributed by atoms with Crippen molar-refractivity contribution in [1.82, 2.24) is 15.3 Å². The maximum Gasteiger partial charge on any atom is 0.451 e. The van der Waals surface area contributed by atoms with E-state index in [1.54, 1.807) is 0 Å². The lowest BCUT2D eigenvalue weighted by molar-refractivity contribution is -0.144. The van der Waals surface area contributed by atoms with Crippen molar-refractivity contribution in [2.24, 2.45) is 0 Å². The molecule has 0 saturated carbocycles. The summed E-state index contributed by atoms with van der Waals surface area (Å²) in [6, 6.07) is 12.9. The van der Waals surface area contributed by atoms with Crippen LogP contribution in [0.1, 0.15) is 18.3 Å². The van der Waals surface area contributed by atoms with Crippen molar-refractivity contribution in [1.29, 1.82) is 0 Å². The molecule has 1 unspecified atom stereocenters. The molecule has 4 rings (SSSR count). The second-order valence-electron chi connectivity index (χ2n) is 7.77. The smallest absolute Gasteiger partial charge is 0.353 e. The lowest BCUT2D eigenvalue weighted by Crippen LogP contribution is -2.49. The zero-order chi connectivity index (χ0) is 22.2. The third kappa shape index (κ3) is 4.54. The summed E-state index contributed by atoms with van der Waals surface area (Å²) in [6.07, 6.45) is -4.71. The van der Waals surface area contributed by atoms with E-state index in [0.717, 1.165) is 5.56 Å². The van der Waals surface area contributed by atoms with Crippen LogP contribution in [0, 0.1) is 12.7 Å². The third-order valence-electron chi connectivity index (χ3n) is 5.24. The summed E-state index contributed by atoms with van der Waals surface area (Å²) in [5.41, 5.74) is 2.72. The molecule has 1 aromatic heterocycles. The van der Waals surface area contributed by atoms with Gasteiger partial charge in [-0.15, -0.1) is 0 Å². The number of aromatic nitrogens is 2. The lowest BCUT2D eigenvalue weighted by atomic mass is 9.97. The summed E-state index contributed by atoms with van der Waals surface area (Å²) in [5.74, 6) is -1.44. The maximum atomic E-state index is 13.8. The first-order chi connectivity index (χ1) is 14.7. The van der Waals surface area contributed by atoms with Crippen LogP contribution in [-0.2, 0) is 6.18 Å². The van der Waals surface area contributed by atoms with Crippen LogP contribution in [0.3, 0.4) is 0 Å². The zero-order valence-corrected chi connectivity index (χ0v) is 17.2. The highest BCUT2D eigenvalue weighted by atomic mass is 19.4. The van der Waals surface area contributed by atoms with E-state index in [1.165, 1.54) is 24.3 Å². The number of rotatable bonds is 3. The lowest BCUT2D eigenvalue weighted by Gasteiger charge is -2.34. The fraction of sp³-hybridized carbons (Fsp3) is 0.304. The van der Waals surface area contributed by atoms with Crippen LogP contribution in [0.2, 0.25) is 0 Å². The molecule has 1 N–H and O–H groups in total. The molecule has 1 aliphatic heterocycles. The van der Waals surface area contributed by atoms with E-state index in [-0.39, 0.29) is 17.6 Å². The minimum atomic E-state index is -4.71. The van der Waals surface area contributed by atoms with Crippen molar-refractivity contribution >= 4 is 5.82 Å². The van der Waals surface area contributed by atoms with E-state index in [1.807, 2.05) is 43.0 Å². The highest BCUT2D eigenvalue weighted by molar-refractivity contribution is 5.89. The van der Waals surface area contributed by atoms with Gasteiger partial charge in [-0.3, -0.25) is 0 Å². The average Bonchev–Trinajstić information content (AvgIpc) is 2.73. The van der Waals surface area contributed by atoms with Crippen molar-refractivity contribution in [2.45, 2.75) is 26.1 Å². The van der Waals surface area contributed by atoms with Gasteiger partial charge in [-0.1, -0.05) is 29.8 Å². The summed E-state index contributed by atoms with van der Waals surface area (Å²) >= 11 is 0. The highest BCUT2D eigenvalue weighted by Gasteiger charge is 2.38. The summed E-state index contributed by atoms with van der Waals surface area (Å²) < 4.78 is 54.8. The van der Waals surface area contributed by atoms with Crippen molar-refractivity contribution in [3.63, 3.8) is 0 Å². The van der Waals surface area contributed by atoms with E-state index in [0.29, 0.717) is 36.3 Å². The molecule has 1 atom stereocenters. The molecule has 31 heavy (non-hydrogen) atoms. The topological polar surface area (TPSA) is 41.1 Å². The van der Waals surface area contributed by atoms with E-state index in [2.05, 4.69) is 15.3 Å². The molecule has 1 aliphatic rings. The minimum Gasteiger partial charge on any atom is -0.353 e. The Bertz CT molecular complexity index is 1080. The minimum absolute atomic E-state index is 0.0951. The number of nitrogens with zero attached hydrogens (tertiary/aromatic N) is 3. The molecule has 2 heterocycles. The number of benzene rings is 2. The molecule has 8 heteroatoms. The molecule has 0 spiro atoms. The predicted molar refractivity (Wildman–Crippen MR) is 112 cm³/mol. The zero-order valence-electron chi connectivity index (χ0n) is 17.2. The van der Waals surface area contributed by atoms with Gasteiger partial charge in [0.05, 0.1) is 11.3 Å². The van der Waals surface area contributed by atoms with Gasteiger partial charge >= 0.3 is 6.18 Å². The Morgan fingerprint density at radius 3 is 2.42 bits per heavy atom. The molecule has 1 saturated heterocycles. The van der Waals surface area contributed by atoms with Gasteiger partial charge in [0.25, 0.3) is 0 Å². The molecule has 0 amide bonds. The number of aryl methyl sites for hydroxylation is 1. The second-order valence-corrected chi connectivity index (χ2v) is 7.77. The summed E-state index contributed by atoms with van der Waals surface area (Å²) in [4.78, 5) is 9.79. The summed E-state index contributed by atoms with van der Waals surface area (Å²) in [7, 11) is 0. The Morgan fingerprint density at radius 1 is 1.03 bits per heavy atom. The first-order valence-corrected chi connectivity index (χ1v) is 10.0. The Kier molecular flexibility index (Phi) is 5.66. The van der Waals surface area contributed by atoms with E-state index in [9.17, 15) is 17.6 Å². The quantitative estimate of drug-likeness (QED) is 0.589. The number of piperazine rings is 1. The molecule has 0 bridgehead atoms. The number of halogens is 4. The van der Waals surface area contributed by atoms with Crippen LogP contribution in [0.5, 0.6) is 0 Å². The standard InChI is InChI=1S/C23H22F4N4/c1-14-4-3-5-17(12-14)19-20(16-6-8-18(24)9-7-16)29-22(23(25,26)27)30-21(19)31-11-10-28-15(2)13-31/h3-9,12,15,28H,10-11,13H2,1-2H3. The van der Waals surface area contributed by atoms with Gasteiger partial charge in [0.15, 0.2) is 0 Å². The Balaban J connectivity index is 2.03. The van der Waals surface area contributed by atoms with Gasteiger partial charge in [-0.05, 0) is 43.7 Å². The first kappa shape index (κ1) is 21.2. The van der Waals surface area contributed by atoms with Gasteiger partial charge in [-0.25, -0.2) is 14.4 Å². The molecule has 1 fully saturated rings. The average molecular weight is 430 g/mol. The van der Waals surface area contributed by atoms with Crippen molar-refractivity contribution in [2.75, 3.05) is 24.5 Å². The highest BCUT2D eigenvalue weighted by Crippen LogP contribution is 2.40. The van der Waals surface area contributed by atoms with Gasteiger partial charge in [0, 0.05) is 31.2 Å². The van der Waals surface area contributed by atoms with Crippen LogP contribution in [0.4, 0.5) is 23.4 Å². The maximum absolute atomic E-state index is 13.8. The van der Waals surface area contributed by atoms with Crippen LogP contribution in [0.15, 0.2) is 48.5 Å². The number of anilines is 1. The van der Waals surface area contributed by atoms with Crippen LogP contribution >= 0.6 is 0 Å². The molecular formula is C23H22F4N4. The van der Waals surface area contributed by atoms with E-state index in [4.69, 9.17) is 0 Å². The van der Waals surface area contributed by atoms with Crippen molar-refractivity contribution in [3.05, 3.63) is 65.7 Å². The third-order valence-corrected chi connectivity index (χ3v) is 5.24. The van der Waals surface area contributed by atoms with Crippen LogP contribution < -0.4 is 10.2 Å². The van der Waals surface area contributed by atoms with E-state index < -0.39 is 17.8 Å². The van der Waals surface area contributed by atoms with Crippen molar-refractivity contribution < 1.29 is 17.6 Å². The van der Waals surface area contributed by atoms with Crippen LogP contribution in [-0.4, -0.2) is 35.6 Å². The summed E-state index contributed by atoms with van der Waals surface area (Å²) in [6.45, 7) is 5.55. The van der Waals surface area contributed by atoms with Gasteiger partial charge in [0.1, 0.15) is 11.6 Å². The molecule has 3 aromatic rings. The Hall–Kier alpha value is -3.00. The monoisotopic (exact) mass is 430 g/mol. The number of hydrogen-bond acceptors (Lipinski definition) is 4. The molecule has 4 nitrogen and oxygen atoms in total. The first-order valence-electron chi connectivity index (χ1n) is 10.0. The van der Waals surface area contributed by atoms with Gasteiger partial charge in [0.2, 0.25) is 5.82 Å². The van der Waals surface area contributed by atoms with E-state index >= 15 is 0 Å². The van der Waals surface area contributed by atoms with Gasteiger partial charge in [-0.2, -0.15) is 13.2 Å². The Labute approximate surface area is 178 Å². The number of nitrogens with one attached hydrogen (secondary N) is 1. The Morgan fingerprint density at radius 2 is 1.77 bits per heavy atom. The fourth-order valence-corrected chi connectivity index (χ4v) is 3.81. The summed E-state index contributed by atoms with van der Waals surface area (Å²) in [5, 5.41) is 3.30. The SMILES string of the molecule is Cc1cccc(-c2c(-c3ccc(F)cc3)nc(C(F)(F)F)nc2N2CCNC(C)C2)c1. The van der Waals surface area contributed by atoms with Gasteiger partial charge < -0.3 is 10.2 Å². The molecule has 0 radical (unpaired) electrons. The fourth-order valence-electron chi connectivity index (χ4n) is 3.81. The number of alkyl halides is 3.